The van der Waals surface area contributed by atoms with Gasteiger partial charge in [0.25, 0.3) is 0 Å². The van der Waals surface area contributed by atoms with Crippen molar-refractivity contribution >= 4 is 29.4 Å². The summed E-state index contributed by atoms with van der Waals surface area (Å²) in [6.07, 6.45) is 1.16. The summed E-state index contributed by atoms with van der Waals surface area (Å²) in [5.74, 6) is 0.146. The van der Waals surface area contributed by atoms with Gasteiger partial charge in [0.05, 0.1) is 18.8 Å². The lowest BCUT2D eigenvalue weighted by Gasteiger charge is -2.39. The fraction of sp³-hybridized carbons (Fsp3) is 0.727. The van der Waals surface area contributed by atoms with Gasteiger partial charge in [0.2, 0.25) is 11.8 Å². The van der Waals surface area contributed by atoms with Crippen molar-refractivity contribution in [2.24, 2.45) is 5.92 Å². The molecule has 0 bridgehead atoms. The summed E-state index contributed by atoms with van der Waals surface area (Å²) >= 11 is 1.40. The average molecular weight is 272 g/mol. The number of ether oxygens (including phenoxy) is 1. The smallest absolute Gasteiger partial charge is 0.245 e. The molecule has 2 saturated heterocycles. The molecule has 6 nitrogen and oxygen atoms in total. The highest BCUT2D eigenvalue weighted by Gasteiger charge is 2.38. The molecular weight excluding hydrogens is 256 g/mol. The molecule has 1 unspecified atom stereocenters. The predicted octanol–water partition coefficient (Wildman–Crippen LogP) is -0.0653. The Kier molecular flexibility index (Phi) is 4.23. The number of nitrogens with one attached hydrogen (secondary N) is 1. The van der Waals surface area contributed by atoms with Gasteiger partial charge >= 0.3 is 0 Å². The van der Waals surface area contributed by atoms with Gasteiger partial charge in [-0.05, 0) is 6.42 Å². The van der Waals surface area contributed by atoms with Gasteiger partial charge in [0.15, 0.2) is 0 Å². The second kappa shape index (κ2) is 5.71. The second-order valence-corrected chi connectivity index (χ2v) is 5.59. The van der Waals surface area contributed by atoms with E-state index in [0.717, 1.165) is 6.42 Å². The standard InChI is InChI=1S/C11H16N2O4S/c1-7(14)12-13-10(16)4-11(13)18-6-9(15)8-2-3-17-5-8/h8,11H,2-6H2,1H3,(H,12,14)/t8?,11-/m1/s1. The summed E-state index contributed by atoms with van der Waals surface area (Å²) in [7, 11) is 0. The first kappa shape index (κ1) is 13.4. The Hall–Kier alpha value is -1.08. The van der Waals surface area contributed by atoms with Crippen LogP contribution in [-0.4, -0.2) is 46.9 Å². The molecule has 0 aromatic carbocycles. The van der Waals surface area contributed by atoms with E-state index < -0.39 is 0 Å². The van der Waals surface area contributed by atoms with E-state index >= 15 is 0 Å². The molecule has 2 aliphatic heterocycles. The maximum Gasteiger partial charge on any atom is 0.245 e. The maximum atomic E-state index is 11.8. The number of nitrogens with zero attached hydrogens (tertiary/aromatic N) is 1. The summed E-state index contributed by atoms with van der Waals surface area (Å²) in [5, 5.41) is 1.18. The highest BCUT2D eigenvalue weighted by atomic mass is 32.2. The molecule has 0 radical (unpaired) electrons. The van der Waals surface area contributed by atoms with Crippen LogP contribution in [0.1, 0.15) is 19.8 Å². The second-order valence-electron chi connectivity index (χ2n) is 4.43. The largest absolute Gasteiger partial charge is 0.381 e. The highest BCUT2D eigenvalue weighted by Crippen LogP contribution is 2.28. The molecule has 18 heavy (non-hydrogen) atoms. The van der Waals surface area contributed by atoms with Crippen LogP contribution in [0.4, 0.5) is 0 Å². The van der Waals surface area contributed by atoms with Gasteiger partial charge < -0.3 is 4.74 Å². The predicted molar refractivity (Wildman–Crippen MR) is 65.5 cm³/mol. The molecule has 0 spiro atoms. The van der Waals surface area contributed by atoms with Gasteiger partial charge in [-0.3, -0.25) is 19.8 Å². The Labute approximate surface area is 109 Å². The molecule has 2 heterocycles. The van der Waals surface area contributed by atoms with Crippen LogP contribution in [0.5, 0.6) is 0 Å². The van der Waals surface area contributed by atoms with E-state index in [1.807, 2.05) is 0 Å². The Bertz CT molecular complexity index is 368. The Morgan fingerprint density at radius 1 is 1.56 bits per heavy atom. The third kappa shape index (κ3) is 3.02. The van der Waals surface area contributed by atoms with E-state index in [-0.39, 0.29) is 28.9 Å². The molecule has 1 N–H and O–H groups in total. The van der Waals surface area contributed by atoms with E-state index in [0.29, 0.717) is 25.4 Å². The van der Waals surface area contributed by atoms with Crippen molar-refractivity contribution in [2.45, 2.75) is 25.1 Å². The quantitative estimate of drug-likeness (QED) is 0.709. The van der Waals surface area contributed by atoms with E-state index in [1.165, 1.54) is 23.7 Å². The molecule has 0 saturated carbocycles. The van der Waals surface area contributed by atoms with Crippen LogP contribution in [-0.2, 0) is 19.1 Å². The zero-order valence-electron chi connectivity index (χ0n) is 10.2. The minimum Gasteiger partial charge on any atom is -0.381 e. The third-order valence-corrected chi connectivity index (χ3v) is 4.20. The van der Waals surface area contributed by atoms with Gasteiger partial charge in [-0.25, -0.2) is 5.01 Å². The lowest BCUT2D eigenvalue weighted by atomic mass is 10.1. The van der Waals surface area contributed by atoms with E-state index in [2.05, 4.69) is 5.43 Å². The van der Waals surface area contributed by atoms with Crippen LogP contribution in [0.25, 0.3) is 0 Å². The van der Waals surface area contributed by atoms with Crippen LogP contribution >= 0.6 is 11.8 Å². The SMILES string of the molecule is CC(=O)NN1C(=O)C[C@H]1SCC(=O)C1CCOC1. The van der Waals surface area contributed by atoms with Crippen molar-refractivity contribution in [3.8, 4) is 0 Å². The zero-order valence-corrected chi connectivity index (χ0v) is 11.0. The maximum absolute atomic E-state index is 11.8. The molecule has 2 fully saturated rings. The topological polar surface area (TPSA) is 75.7 Å². The molecule has 7 heteroatoms. The van der Waals surface area contributed by atoms with Crippen molar-refractivity contribution in [2.75, 3.05) is 19.0 Å². The van der Waals surface area contributed by atoms with E-state index in [1.54, 1.807) is 0 Å². The monoisotopic (exact) mass is 272 g/mol. The van der Waals surface area contributed by atoms with Crippen LogP contribution in [0.15, 0.2) is 0 Å². The van der Waals surface area contributed by atoms with Gasteiger partial charge in [0.1, 0.15) is 11.2 Å². The molecule has 0 aromatic heterocycles. The molecule has 2 amide bonds. The Balaban J connectivity index is 1.74. The summed E-state index contributed by atoms with van der Waals surface area (Å²) in [5.41, 5.74) is 2.46. The fourth-order valence-corrected chi connectivity index (χ4v) is 3.08. The molecule has 2 aliphatic rings. The molecule has 2 atom stereocenters. The first-order valence-electron chi connectivity index (χ1n) is 5.89. The zero-order chi connectivity index (χ0) is 13.1. The number of hydrogen-bond donors (Lipinski definition) is 1. The van der Waals surface area contributed by atoms with E-state index in [4.69, 9.17) is 4.74 Å². The first-order chi connectivity index (χ1) is 8.58. The number of rotatable bonds is 5. The number of β-lactam (4-membered cyclic amide) rings is 1. The number of ketones is 1. The summed E-state index contributed by atoms with van der Waals surface area (Å²) < 4.78 is 5.16. The van der Waals surface area contributed by atoms with Crippen molar-refractivity contribution in [1.82, 2.24) is 10.4 Å². The molecule has 0 aromatic rings. The van der Waals surface area contributed by atoms with E-state index in [9.17, 15) is 14.4 Å². The summed E-state index contributed by atoms with van der Waals surface area (Å²) in [4.78, 5) is 34.0. The molecule has 100 valence electrons. The minimum absolute atomic E-state index is 0.00231. The lowest BCUT2D eigenvalue weighted by Crippen LogP contribution is -2.59. The number of hydrazine groups is 1. The van der Waals surface area contributed by atoms with Gasteiger partial charge in [0, 0.05) is 19.4 Å². The summed E-state index contributed by atoms with van der Waals surface area (Å²) in [6.45, 7) is 2.52. The normalized spacial score (nSPS) is 26.9. The van der Waals surface area contributed by atoms with Crippen molar-refractivity contribution < 1.29 is 19.1 Å². The Morgan fingerprint density at radius 3 is 2.89 bits per heavy atom. The van der Waals surface area contributed by atoms with Crippen LogP contribution < -0.4 is 5.43 Å². The van der Waals surface area contributed by atoms with Crippen molar-refractivity contribution in [3.05, 3.63) is 0 Å². The van der Waals surface area contributed by atoms with Crippen LogP contribution in [0.3, 0.4) is 0 Å². The van der Waals surface area contributed by atoms with Gasteiger partial charge in [-0.2, -0.15) is 0 Å². The van der Waals surface area contributed by atoms with Gasteiger partial charge in [-0.1, -0.05) is 0 Å². The Morgan fingerprint density at radius 2 is 2.33 bits per heavy atom. The van der Waals surface area contributed by atoms with Crippen LogP contribution in [0.2, 0.25) is 0 Å². The summed E-state index contributed by atoms with van der Waals surface area (Å²) in [6, 6.07) is 0. The van der Waals surface area contributed by atoms with Crippen molar-refractivity contribution in [1.29, 1.82) is 0 Å². The molecular formula is C11H16N2O4S. The molecule has 2 rings (SSSR count). The third-order valence-electron chi connectivity index (χ3n) is 2.99. The minimum atomic E-state index is -0.274. The van der Waals surface area contributed by atoms with Crippen LogP contribution in [0, 0.1) is 5.92 Å². The number of Topliss-reactive ketones (excluding diaryl/α,β-unsaturated/α-hetero) is 1. The average Bonchev–Trinajstić information content (AvgIpc) is 2.84. The lowest BCUT2D eigenvalue weighted by molar-refractivity contribution is -0.151. The number of carbonyl (C=O) groups excluding carboxylic acids is 3. The number of thioether (sulfide) groups is 1. The highest BCUT2D eigenvalue weighted by molar-refractivity contribution is 8.00. The number of carbonyl (C=O) groups is 3. The number of hydrogen-bond acceptors (Lipinski definition) is 5. The van der Waals surface area contributed by atoms with Gasteiger partial charge in [-0.15, -0.1) is 11.8 Å². The van der Waals surface area contributed by atoms with Crippen molar-refractivity contribution in [3.63, 3.8) is 0 Å². The fourth-order valence-electron chi connectivity index (χ4n) is 1.91. The number of amides is 2. The molecule has 0 aliphatic carbocycles. The first-order valence-corrected chi connectivity index (χ1v) is 6.94.